The summed E-state index contributed by atoms with van der Waals surface area (Å²) in [5, 5.41) is 0. The molecule has 3 aliphatic heterocycles. The van der Waals surface area contributed by atoms with E-state index in [9.17, 15) is 9.59 Å². The fourth-order valence-corrected chi connectivity index (χ4v) is 3.41. The summed E-state index contributed by atoms with van der Waals surface area (Å²) >= 11 is 0. The Bertz CT molecular complexity index is 401. The molecular weight excluding hydrogens is 258 g/mol. The molecule has 0 saturated carbocycles. The molecule has 0 aromatic heterocycles. The number of nitrogens with zero attached hydrogens (tertiary/aromatic N) is 3. The van der Waals surface area contributed by atoms with Crippen LogP contribution in [0.5, 0.6) is 0 Å². The number of morpholine rings is 1. The highest BCUT2D eigenvalue weighted by atomic mass is 16.5. The third-order valence-electron chi connectivity index (χ3n) is 4.51. The first-order valence-electron chi connectivity index (χ1n) is 7.53. The van der Waals surface area contributed by atoms with Crippen molar-refractivity contribution in [3.63, 3.8) is 0 Å². The number of hydrogen-bond acceptors (Lipinski definition) is 4. The van der Waals surface area contributed by atoms with Gasteiger partial charge in [0.1, 0.15) is 6.04 Å². The SMILES string of the molecule is CN1CCOC(CN2CC(=O)N3CCCCC3C2=O)C1. The molecular formula is C14H23N3O3. The van der Waals surface area contributed by atoms with Crippen molar-refractivity contribution in [1.29, 1.82) is 0 Å². The lowest BCUT2D eigenvalue weighted by atomic mass is 9.98. The summed E-state index contributed by atoms with van der Waals surface area (Å²) in [5.74, 6) is 0.208. The Morgan fingerprint density at radius 3 is 2.90 bits per heavy atom. The smallest absolute Gasteiger partial charge is 0.245 e. The molecule has 2 atom stereocenters. The van der Waals surface area contributed by atoms with Crippen LogP contribution >= 0.6 is 0 Å². The lowest BCUT2D eigenvalue weighted by molar-refractivity contribution is -0.160. The van der Waals surface area contributed by atoms with Crippen LogP contribution < -0.4 is 0 Å². The Morgan fingerprint density at radius 1 is 1.25 bits per heavy atom. The fourth-order valence-electron chi connectivity index (χ4n) is 3.41. The van der Waals surface area contributed by atoms with E-state index in [-0.39, 0.29) is 30.5 Å². The molecule has 0 spiro atoms. The molecule has 112 valence electrons. The van der Waals surface area contributed by atoms with E-state index >= 15 is 0 Å². The van der Waals surface area contributed by atoms with Gasteiger partial charge in [-0.05, 0) is 26.3 Å². The van der Waals surface area contributed by atoms with Crippen LogP contribution in [0.2, 0.25) is 0 Å². The Balaban J connectivity index is 1.64. The predicted octanol–water partition coefficient (Wildman–Crippen LogP) is -0.460. The van der Waals surface area contributed by atoms with E-state index in [4.69, 9.17) is 4.74 Å². The van der Waals surface area contributed by atoms with E-state index in [2.05, 4.69) is 11.9 Å². The maximum Gasteiger partial charge on any atom is 0.245 e. The summed E-state index contributed by atoms with van der Waals surface area (Å²) in [4.78, 5) is 30.4. The van der Waals surface area contributed by atoms with Gasteiger partial charge in [0.15, 0.2) is 0 Å². The number of piperidine rings is 1. The second kappa shape index (κ2) is 5.69. The summed E-state index contributed by atoms with van der Waals surface area (Å²) in [6.45, 7) is 3.96. The second-order valence-electron chi connectivity index (χ2n) is 6.07. The summed E-state index contributed by atoms with van der Waals surface area (Å²) in [6.07, 6.45) is 2.90. The lowest BCUT2D eigenvalue weighted by Gasteiger charge is -2.44. The monoisotopic (exact) mass is 281 g/mol. The van der Waals surface area contributed by atoms with Gasteiger partial charge in [-0.2, -0.15) is 0 Å². The highest BCUT2D eigenvalue weighted by molar-refractivity contribution is 5.95. The minimum Gasteiger partial charge on any atom is -0.374 e. The molecule has 3 aliphatic rings. The van der Waals surface area contributed by atoms with Crippen LogP contribution in [0.15, 0.2) is 0 Å². The Hall–Kier alpha value is -1.14. The molecule has 0 aromatic carbocycles. The van der Waals surface area contributed by atoms with Crippen LogP contribution in [0.4, 0.5) is 0 Å². The van der Waals surface area contributed by atoms with Crippen molar-refractivity contribution in [2.45, 2.75) is 31.4 Å². The molecule has 0 N–H and O–H groups in total. The van der Waals surface area contributed by atoms with E-state index < -0.39 is 0 Å². The molecule has 3 heterocycles. The van der Waals surface area contributed by atoms with Gasteiger partial charge in [-0.25, -0.2) is 0 Å². The molecule has 0 aliphatic carbocycles. The van der Waals surface area contributed by atoms with Crippen LogP contribution in [0.3, 0.4) is 0 Å². The van der Waals surface area contributed by atoms with Crippen molar-refractivity contribution < 1.29 is 14.3 Å². The summed E-state index contributed by atoms with van der Waals surface area (Å²) in [5.41, 5.74) is 0. The van der Waals surface area contributed by atoms with E-state index in [1.165, 1.54) is 0 Å². The lowest BCUT2D eigenvalue weighted by Crippen LogP contribution is -2.62. The van der Waals surface area contributed by atoms with E-state index in [1.54, 1.807) is 9.80 Å². The van der Waals surface area contributed by atoms with Crippen molar-refractivity contribution in [3.05, 3.63) is 0 Å². The van der Waals surface area contributed by atoms with Crippen LogP contribution in [0, 0.1) is 0 Å². The average Bonchev–Trinajstić information content (AvgIpc) is 2.45. The van der Waals surface area contributed by atoms with Gasteiger partial charge in [-0.1, -0.05) is 0 Å². The summed E-state index contributed by atoms with van der Waals surface area (Å²) in [7, 11) is 2.06. The Kier molecular flexibility index (Phi) is 3.94. The first-order chi connectivity index (χ1) is 9.65. The van der Waals surface area contributed by atoms with Gasteiger partial charge < -0.3 is 19.4 Å². The second-order valence-corrected chi connectivity index (χ2v) is 6.07. The molecule has 20 heavy (non-hydrogen) atoms. The molecule has 0 radical (unpaired) electrons. The first-order valence-corrected chi connectivity index (χ1v) is 7.53. The number of likely N-dealkylation sites (N-methyl/N-ethyl adjacent to an activating group) is 1. The zero-order chi connectivity index (χ0) is 14.1. The van der Waals surface area contributed by atoms with Crippen molar-refractivity contribution in [2.75, 3.05) is 46.4 Å². The molecule has 6 heteroatoms. The summed E-state index contributed by atoms with van der Waals surface area (Å²) in [6, 6.07) is -0.216. The van der Waals surface area contributed by atoms with Gasteiger partial charge in [0.05, 0.1) is 19.3 Å². The molecule has 0 aromatic rings. The normalized spacial score (nSPS) is 32.5. The quantitative estimate of drug-likeness (QED) is 0.687. The van der Waals surface area contributed by atoms with Gasteiger partial charge in [0.2, 0.25) is 11.8 Å². The van der Waals surface area contributed by atoms with E-state index in [1.807, 2.05) is 0 Å². The van der Waals surface area contributed by atoms with Crippen LogP contribution in [0.25, 0.3) is 0 Å². The van der Waals surface area contributed by atoms with Crippen LogP contribution in [-0.4, -0.2) is 85.0 Å². The van der Waals surface area contributed by atoms with Gasteiger partial charge in [0.25, 0.3) is 0 Å². The van der Waals surface area contributed by atoms with E-state index in [0.29, 0.717) is 13.2 Å². The largest absolute Gasteiger partial charge is 0.374 e. The standard InChI is InChI=1S/C14H23N3O3/c1-15-6-7-20-11(8-15)9-16-10-13(18)17-5-3-2-4-12(17)14(16)19/h11-12H,2-10H2,1H3. The molecule has 2 unspecified atom stereocenters. The highest BCUT2D eigenvalue weighted by Gasteiger charge is 2.41. The number of carbonyl (C=O) groups excluding carboxylic acids is 2. The van der Waals surface area contributed by atoms with Crippen molar-refractivity contribution in [3.8, 4) is 0 Å². The van der Waals surface area contributed by atoms with Crippen molar-refractivity contribution in [2.24, 2.45) is 0 Å². The number of hydrogen-bond donors (Lipinski definition) is 0. The van der Waals surface area contributed by atoms with Crippen molar-refractivity contribution in [1.82, 2.24) is 14.7 Å². The molecule has 0 bridgehead atoms. The topological polar surface area (TPSA) is 53.1 Å². The Morgan fingerprint density at radius 2 is 2.10 bits per heavy atom. The predicted molar refractivity (Wildman–Crippen MR) is 73.2 cm³/mol. The number of amides is 2. The van der Waals surface area contributed by atoms with Gasteiger partial charge in [-0.15, -0.1) is 0 Å². The van der Waals surface area contributed by atoms with E-state index in [0.717, 1.165) is 38.9 Å². The minimum absolute atomic E-state index is 0.0284. The zero-order valence-corrected chi connectivity index (χ0v) is 12.1. The summed E-state index contributed by atoms with van der Waals surface area (Å²) < 4.78 is 5.71. The number of fused-ring (bicyclic) bond motifs is 1. The number of carbonyl (C=O) groups is 2. The number of ether oxygens (including phenoxy) is 1. The number of rotatable bonds is 2. The maximum absolute atomic E-state index is 12.5. The van der Waals surface area contributed by atoms with Crippen molar-refractivity contribution >= 4 is 11.8 Å². The van der Waals surface area contributed by atoms with Crippen LogP contribution in [0.1, 0.15) is 19.3 Å². The molecule has 6 nitrogen and oxygen atoms in total. The fraction of sp³-hybridized carbons (Fsp3) is 0.857. The minimum atomic E-state index is -0.216. The van der Waals surface area contributed by atoms with Gasteiger partial charge >= 0.3 is 0 Å². The third kappa shape index (κ3) is 2.67. The third-order valence-corrected chi connectivity index (χ3v) is 4.51. The zero-order valence-electron chi connectivity index (χ0n) is 12.1. The molecule has 3 saturated heterocycles. The average molecular weight is 281 g/mol. The number of piperazine rings is 1. The molecule has 3 rings (SSSR count). The first kappa shape index (κ1) is 13.8. The molecule has 3 fully saturated rings. The Labute approximate surface area is 119 Å². The molecule has 2 amide bonds. The van der Waals surface area contributed by atoms with Gasteiger partial charge in [-0.3, -0.25) is 9.59 Å². The van der Waals surface area contributed by atoms with Gasteiger partial charge in [0, 0.05) is 26.2 Å². The maximum atomic E-state index is 12.5. The highest BCUT2D eigenvalue weighted by Crippen LogP contribution is 2.23. The van der Waals surface area contributed by atoms with Crippen LogP contribution in [-0.2, 0) is 14.3 Å².